The van der Waals surface area contributed by atoms with E-state index in [0.29, 0.717) is 4.68 Å². The molecule has 9 heteroatoms. The number of aromatic nitrogens is 4. The molecule has 0 aliphatic heterocycles. The van der Waals surface area contributed by atoms with Crippen LogP contribution in [0.3, 0.4) is 0 Å². The van der Waals surface area contributed by atoms with Crippen molar-refractivity contribution in [3.05, 3.63) is 5.82 Å². The van der Waals surface area contributed by atoms with Crippen molar-refractivity contribution in [2.75, 3.05) is 0 Å². The molecule has 0 fully saturated rings. The summed E-state index contributed by atoms with van der Waals surface area (Å²) in [4.78, 5) is 0. The van der Waals surface area contributed by atoms with Gasteiger partial charge in [0.25, 0.3) is 5.82 Å². The second-order valence-corrected chi connectivity index (χ2v) is 4.49. The molecule has 2 N–H and O–H groups in total. The van der Waals surface area contributed by atoms with Gasteiger partial charge >= 0.3 is 6.18 Å². The summed E-state index contributed by atoms with van der Waals surface area (Å²) in [6, 6.07) is -0.0435. The number of hydrogen-bond donors (Lipinski definition) is 2. The standard InChI is InChI=1S/C9H17F3N6/c1-5(2)13-8(14-6(3)4)18-7(9(10,11)12)15-16-17-18/h5-6,8,13-14H,1-4H3. The van der Waals surface area contributed by atoms with Crippen LogP contribution in [0.5, 0.6) is 0 Å². The monoisotopic (exact) mass is 266 g/mol. The highest BCUT2D eigenvalue weighted by atomic mass is 19.4. The molecule has 0 aliphatic carbocycles. The molecule has 0 saturated carbocycles. The maximum Gasteiger partial charge on any atom is 0.453 e. The number of halogens is 3. The lowest BCUT2D eigenvalue weighted by Crippen LogP contribution is -2.46. The number of alkyl halides is 3. The summed E-state index contributed by atoms with van der Waals surface area (Å²) in [5.41, 5.74) is 0. The SMILES string of the molecule is CC(C)NC(NC(C)C)n1nnnc1C(F)(F)F. The third-order valence-corrected chi connectivity index (χ3v) is 1.97. The summed E-state index contributed by atoms with van der Waals surface area (Å²) in [5, 5.41) is 15.4. The summed E-state index contributed by atoms with van der Waals surface area (Å²) in [6.07, 6.45) is -5.39. The predicted octanol–water partition coefficient (Wildman–Crippen LogP) is 1.14. The van der Waals surface area contributed by atoms with Crippen molar-refractivity contribution in [3.8, 4) is 0 Å². The van der Waals surface area contributed by atoms with Gasteiger partial charge in [0.15, 0.2) is 6.29 Å². The van der Waals surface area contributed by atoms with Gasteiger partial charge in [-0.3, -0.25) is 10.6 Å². The van der Waals surface area contributed by atoms with E-state index in [1.54, 1.807) is 0 Å². The first-order chi connectivity index (χ1) is 8.21. The lowest BCUT2D eigenvalue weighted by Gasteiger charge is -2.25. The molecule has 18 heavy (non-hydrogen) atoms. The van der Waals surface area contributed by atoms with Crippen molar-refractivity contribution < 1.29 is 13.2 Å². The fourth-order valence-corrected chi connectivity index (χ4v) is 1.37. The van der Waals surface area contributed by atoms with Crippen LogP contribution in [0.1, 0.15) is 39.8 Å². The lowest BCUT2D eigenvalue weighted by atomic mass is 10.3. The fourth-order valence-electron chi connectivity index (χ4n) is 1.37. The van der Waals surface area contributed by atoms with Gasteiger partial charge in [-0.2, -0.15) is 17.9 Å². The molecule has 1 rings (SSSR count). The largest absolute Gasteiger partial charge is 0.453 e. The zero-order valence-electron chi connectivity index (χ0n) is 10.7. The van der Waals surface area contributed by atoms with Crippen LogP contribution >= 0.6 is 0 Å². The van der Waals surface area contributed by atoms with Crippen LogP contribution in [-0.4, -0.2) is 32.3 Å². The third-order valence-electron chi connectivity index (χ3n) is 1.97. The molecule has 0 radical (unpaired) electrons. The molecule has 1 aromatic heterocycles. The molecule has 1 heterocycles. The van der Waals surface area contributed by atoms with Crippen LogP contribution < -0.4 is 10.6 Å². The van der Waals surface area contributed by atoms with Crippen LogP contribution in [-0.2, 0) is 6.18 Å². The van der Waals surface area contributed by atoms with E-state index in [4.69, 9.17) is 0 Å². The van der Waals surface area contributed by atoms with Gasteiger partial charge in [0.05, 0.1) is 0 Å². The zero-order chi connectivity index (χ0) is 13.9. The number of nitrogens with one attached hydrogen (secondary N) is 2. The molecular weight excluding hydrogens is 249 g/mol. The molecule has 104 valence electrons. The van der Waals surface area contributed by atoms with Gasteiger partial charge in [0, 0.05) is 12.1 Å². The molecule has 0 aromatic carbocycles. The van der Waals surface area contributed by atoms with Gasteiger partial charge in [0.1, 0.15) is 0 Å². The summed E-state index contributed by atoms with van der Waals surface area (Å²) < 4.78 is 38.8. The van der Waals surface area contributed by atoms with E-state index < -0.39 is 18.3 Å². The Morgan fingerprint density at radius 3 is 1.94 bits per heavy atom. The average molecular weight is 266 g/mol. The van der Waals surface area contributed by atoms with Crippen molar-refractivity contribution in [2.45, 2.75) is 52.2 Å². The maximum atomic E-state index is 12.7. The van der Waals surface area contributed by atoms with Crippen LogP contribution in [0.2, 0.25) is 0 Å². The van der Waals surface area contributed by atoms with E-state index in [1.165, 1.54) is 0 Å². The normalized spacial score (nSPS) is 13.0. The van der Waals surface area contributed by atoms with Gasteiger partial charge in [-0.15, -0.1) is 5.10 Å². The zero-order valence-corrected chi connectivity index (χ0v) is 10.7. The predicted molar refractivity (Wildman–Crippen MR) is 58.4 cm³/mol. The fraction of sp³-hybridized carbons (Fsp3) is 0.889. The van der Waals surface area contributed by atoms with Crippen LogP contribution in [0.4, 0.5) is 13.2 Å². The van der Waals surface area contributed by atoms with Crippen LogP contribution in [0, 0.1) is 0 Å². The van der Waals surface area contributed by atoms with E-state index in [9.17, 15) is 13.2 Å². The second kappa shape index (κ2) is 5.61. The highest BCUT2D eigenvalue weighted by Gasteiger charge is 2.39. The Balaban J connectivity index is 3.01. The molecule has 0 bridgehead atoms. The van der Waals surface area contributed by atoms with Crippen molar-refractivity contribution in [2.24, 2.45) is 0 Å². The van der Waals surface area contributed by atoms with Crippen LogP contribution in [0.15, 0.2) is 0 Å². The smallest absolute Gasteiger partial charge is 0.281 e. The minimum absolute atomic E-state index is 0.0217. The Hall–Kier alpha value is -1.22. The first kappa shape index (κ1) is 14.8. The van der Waals surface area contributed by atoms with Gasteiger partial charge in [-0.05, 0) is 38.1 Å². The van der Waals surface area contributed by atoms with Gasteiger partial charge < -0.3 is 0 Å². The second-order valence-electron chi connectivity index (χ2n) is 4.49. The highest BCUT2D eigenvalue weighted by Crippen LogP contribution is 2.27. The molecule has 1 aromatic rings. The Morgan fingerprint density at radius 1 is 1.06 bits per heavy atom. The molecule has 6 nitrogen and oxygen atoms in total. The molecule has 0 atom stereocenters. The lowest BCUT2D eigenvalue weighted by molar-refractivity contribution is -0.149. The number of hydrogen-bond acceptors (Lipinski definition) is 5. The highest BCUT2D eigenvalue weighted by molar-refractivity contribution is 4.89. The first-order valence-electron chi connectivity index (χ1n) is 5.59. The average Bonchev–Trinajstić information content (AvgIpc) is 2.61. The summed E-state index contributed by atoms with van der Waals surface area (Å²) in [5.74, 6) is -1.13. The molecule has 0 spiro atoms. The number of nitrogens with zero attached hydrogens (tertiary/aromatic N) is 4. The molecular formula is C9H17F3N6. The van der Waals surface area contributed by atoms with E-state index in [-0.39, 0.29) is 12.1 Å². The minimum Gasteiger partial charge on any atom is -0.281 e. The topological polar surface area (TPSA) is 67.7 Å². The molecule has 0 amide bonds. The third kappa shape index (κ3) is 3.91. The summed E-state index contributed by atoms with van der Waals surface area (Å²) in [7, 11) is 0. The Labute approximate surface area is 103 Å². The van der Waals surface area contributed by atoms with Gasteiger partial charge in [-0.25, -0.2) is 0 Å². The maximum absolute atomic E-state index is 12.7. The van der Waals surface area contributed by atoms with Gasteiger partial charge in [-0.1, -0.05) is 0 Å². The van der Waals surface area contributed by atoms with Crippen molar-refractivity contribution in [1.29, 1.82) is 0 Å². The Morgan fingerprint density at radius 2 is 1.56 bits per heavy atom. The minimum atomic E-state index is -4.58. The van der Waals surface area contributed by atoms with Crippen molar-refractivity contribution in [3.63, 3.8) is 0 Å². The summed E-state index contributed by atoms with van der Waals surface area (Å²) in [6.45, 7) is 7.30. The molecule has 0 aliphatic rings. The number of tetrazole rings is 1. The van der Waals surface area contributed by atoms with E-state index in [2.05, 4.69) is 26.2 Å². The van der Waals surface area contributed by atoms with Crippen molar-refractivity contribution in [1.82, 2.24) is 30.8 Å². The van der Waals surface area contributed by atoms with E-state index >= 15 is 0 Å². The molecule has 0 saturated heterocycles. The Kier molecular flexibility index (Phi) is 4.63. The van der Waals surface area contributed by atoms with E-state index in [0.717, 1.165) is 0 Å². The number of rotatable bonds is 5. The van der Waals surface area contributed by atoms with Crippen molar-refractivity contribution >= 4 is 0 Å². The van der Waals surface area contributed by atoms with Gasteiger partial charge in [0.2, 0.25) is 0 Å². The molecule has 0 unspecified atom stereocenters. The van der Waals surface area contributed by atoms with Crippen LogP contribution in [0.25, 0.3) is 0 Å². The Bertz CT molecular complexity index is 363. The first-order valence-corrected chi connectivity index (χ1v) is 5.59. The quantitative estimate of drug-likeness (QED) is 0.782. The van der Waals surface area contributed by atoms with E-state index in [1.807, 2.05) is 27.7 Å². The summed E-state index contributed by atoms with van der Waals surface area (Å²) >= 11 is 0.